The van der Waals surface area contributed by atoms with Crippen LogP contribution in [0.25, 0.3) is 11.4 Å². The van der Waals surface area contributed by atoms with E-state index >= 15 is 0 Å². The minimum Gasteiger partial charge on any atom is -0.497 e. The van der Waals surface area contributed by atoms with Crippen molar-refractivity contribution in [2.24, 2.45) is 0 Å². The van der Waals surface area contributed by atoms with Gasteiger partial charge in [0.15, 0.2) is 5.82 Å². The summed E-state index contributed by atoms with van der Waals surface area (Å²) in [5, 5.41) is 5.41. The number of benzene rings is 2. The lowest BCUT2D eigenvalue weighted by molar-refractivity contribution is -0.164. The summed E-state index contributed by atoms with van der Waals surface area (Å²) in [6.45, 7) is 4.79. The lowest BCUT2D eigenvalue weighted by Gasteiger charge is -2.41. The SMILES string of the molecule is COC(=O)C[C@H]1C(=O)N(CC(=O)OC(C)(C)C)CCN1C(=O)[C@H](Cc1ccc(OC)cc1)NC(=O)c1ccc(-c2nc(=S)o[nH]2)cc1. The Morgan fingerprint density at radius 3 is 2.30 bits per heavy atom. The van der Waals surface area contributed by atoms with Crippen LogP contribution in [0.1, 0.15) is 43.1 Å². The number of aromatic nitrogens is 2. The number of hydrogen-bond acceptors (Lipinski definition) is 11. The van der Waals surface area contributed by atoms with Gasteiger partial charge in [-0.1, -0.05) is 24.3 Å². The number of carbonyl (C=O) groups is 5. The molecule has 0 saturated carbocycles. The summed E-state index contributed by atoms with van der Waals surface area (Å²) in [5.41, 5.74) is 0.828. The zero-order valence-electron chi connectivity index (χ0n) is 26.7. The molecule has 0 unspecified atom stereocenters. The highest BCUT2D eigenvalue weighted by Crippen LogP contribution is 2.21. The van der Waals surface area contributed by atoms with Crippen molar-refractivity contribution in [2.45, 2.75) is 51.3 Å². The molecule has 0 bridgehead atoms. The zero-order chi connectivity index (χ0) is 34.3. The molecule has 3 amide bonds. The smallest absolute Gasteiger partial charge is 0.326 e. The van der Waals surface area contributed by atoms with E-state index in [0.29, 0.717) is 22.7 Å². The normalized spacial score (nSPS) is 15.5. The predicted octanol–water partition coefficient (Wildman–Crippen LogP) is 2.69. The van der Waals surface area contributed by atoms with Gasteiger partial charge >= 0.3 is 16.8 Å². The number of ether oxygens (including phenoxy) is 3. The lowest BCUT2D eigenvalue weighted by Crippen LogP contribution is -2.63. The van der Waals surface area contributed by atoms with Crippen LogP contribution in [0.2, 0.25) is 0 Å². The molecular weight excluding hydrogens is 630 g/mol. The fourth-order valence-electron chi connectivity index (χ4n) is 5.00. The first-order valence-electron chi connectivity index (χ1n) is 14.8. The molecule has 1 aromatic heterocycles. The molecule has 250 valence electrons. The standard InChI is InChI=1S/C32H37N5O9S/c1-32(2,3)45-26(39)18-36-14-15-37(24(30(36)42)17-25(38)44-5)29(41)23(16-19-6-12-22(43-4)13-7-19)33-28(40)21-10-8-20(9-11-21)27-34-31(47)46-35-27/h6-13,23-24H,14-18H2,1-5H3,(H,33,40)(H,34,35,47)/t23-,24-/m0/s1. The highest BCUT2D eigenvalue weighted by atomic mass is 32.1. The second kappa shape index (κ2) is 15.0. The molecule has 15 heteroatoms. The maximum Gasteiger partial charge on any atom is 0.326 e. The number of amides is 3. The Morgan fingerprint density at radius 1 is 1.04 bits per heavy atom. The Kier molecular flexibility index (Phi) is 11.1. The van der Waals surface area contributed by atoms with E-state index in [0.717, 1.165) is 0 Å². The fourth-order valence-corrected chi connectivity index (χ4v) is 5.13. The van der Waals surface area contributed by atoms with Crippen LogP contribution in [0.4, 0.5) is 0 Å². The third-order valence-electron chi connectivity index (χ3n) is 7.26. The fraction of sp³-hybridized carbons (Fsp3) is 0.406. The molecule has 2 heterocycles. The Hall–Kier alpha value is -5.05. The first-order valence-corrected chi connectivity index (χ1v) is 15.2. The van der Waals surface area contributed by atoms with Gasteiger partial charge in [-0.2, -0.15) is 4.98 Å². The van der Waals surface area contributed by atoms with Gasteiger partial charge in [0.25, 0.3) is 5.91 Å². The molecule has 1 aliphatic heterocycles. The molecule has 0 aliphatic carbocycles. The van der Waals surface area contributed by atoms with Crippen molar-refractivity contribution in [3.05, 3.63) is 64.5 Å². The van der Waals surface area contributed by atoms with Crippen molar-refractivity contribution >= 4 is 41.9 Å². The topological polar surface area (TPSA) is 173 Å². The van der Waals surface area contributed by atoms with Gasteiger partial charge in [-0.15, -0.1) is 0 Å². The van der Waals surface area contributed by atoms with Gasteiger partial charge in [0.1, 0.15) is 30.0 Å². The van der Waals surface area contributed by atoms with Crippen LogP contribution < -0.4 is 10.1 Å². The Morgan fingerprint density at radius 2 is 1.72 bits per heavy atom. The Balaban J connectivity index is 1.59. The summed E-state index contributed by atoms with van der Waals surface area (Å²) in [4.78, 5) is 72.9. The van der Waals surface area contributed by atoms with Gasteiger partial charge in [0, 0.05) is 30.6 Å². The summed E-state index contributed by atoms with van der Waals surface area (Å²) in [7, 11) is 2.71. The number of carbonyl (C=O) groups excluding carboxylic acids is 5. The van der Waals surface area contributed by atoms with Gasteiger partial charge in [-0.25, -0.2) is 5.16 Å². The molecule has 2 aromatic carbocycles. The second-order valence-electron chi connectivity index (χ2n) is 11.8. The summed E-state index contributed by atoms with van der Waals surface area (Å²) in [6.07, 6.45) is -0.374. The zero-order valence-corrected chi connectivity index (χ0v) is 27.5. The third kappa shape index (κ3) is 9.25. The van der Waals surface area contributed by atoms with E-state index in [1.165, 1.54) is 24.0 Å². The molecule has 3 aromatic rings. The minimum absolute atomic E-state index is 0.00222. The van der Waals surface area contributed by atoms with E-state index in [9.17, 15) is 24.0 Å². The average molecular weight is 668 g/mol. The maximum absolute atomic E-state index is 14.2. The second-order valence-corrected chi connectivity index (χ2v) is 12.1. The largest absolute Gasteiger partial charge is 0.497 e. The van der Waals surface area contributed by atoms with Crippen LogP contribution in [0.5, 0.6) is 5.75 Å². The van der Waals surface area contributed by atoms with E-state index < -0.39 is 53.8 Å². The molecule has 0 radical (unpaired) electrons. The van der Waals surface area contributed by atoms with E-state index in [4.69, 9.17) is 31.0 Å². The van der Waals surface area contributed by atoms with Crippen LogP contribution >= 0.6 is 12.2 Å². The number of hydrogen-bond donors (Lipinski definition) is 2. The van der Waals surface area contributed by atoms with E-state index in [-0.39, 0.29) is 36.5 Å². The molecule has 14 nitrogen and oxygen atoms in total. The lowest BCUT2D eigenvalue weighted by atomic mass is 10.0. The van der Waals surface area contributed by atoms with Crippen molar-refractivity contribution in [3.63, 3.8) is 0 Å². The average Bonchev–Trinajstić information content (AvgIpc) is 3.47. The van der Waals surface area contributed by atoms with Crippen molar-refractivity contribution in [1.82, 2.24) is 25.3 Å². The summed E-state index contributed by atoms with van der Waals surface area (Å²) in [6, 6.07) is 11.0. The van der Waals surface area contributed by atoms with Crippen molar-refractivity contribution in [1.29, 1.82) is 0 Å². The van der Waals surface area contributed by atoms with Crippen molar-refractivity contribution in [2.75, 3.05) is 33.9 Å². The molecular formula is C32H37N5O9S. The Bertz CT molecular complexity index is 1660. The molecule has 2 N–H and O–H groups in total. The van der Waals surface area contributed by atoms with Gasteiger partial charge < -0.3 is 33.9 Å². The molecule has 1 saturated heterocycles. The number of nitrogens with one attached hydrogen (secondary N) is 2. The molecule has 1 fully saturated rings. The van der Waals surface area contributed by atoms with Crippen LogP contribution in [0.3, 0.4) is 0 Å². The highest BCUT2D eigenvalue weighted by Gasteiger charge is 2.42. The number of aromatic amines is 1. The Labute approximate surface area is 276 Å². The van der Waals surface area contributed by atoms with E-state index in [1.807, 2.05) is 0 Å². The van der Waals surface area contributed by atoms with Gasteiger partial charge in [-0.05, 0) is 62.8 Å². The van der Waals surface area contributed by atoms with Crippen LogP contribution in [0, 0.1) is 4.84 Å². The van der Waals surface area contributed by atoms with Crippen molar-refractivity contribution in [3.8, 4) is 17.1 Å². The number of rotatable bonds is 11. The number of esters is 2. The first-order chi connectivity index (χ1) is 22.3. The third-order valence-corrected chi connectivity index (χ3v) is 7.43. The highest BCUT2D eigenvalue weighted by molar-refractivity contribution is 7.71. The summed E-state index contributed by atoms with van der Waals surface area (Å²) < 4.78 is 20.4. The van der Waals surface area contributed by atoms with Gasteiger partial charge in [0.05, 0.1) is 20.6 Å². The molecule has 4 rings (SSSR count). The molecule has 47 heavy (non-hydrogen) atoms. The molecule has 2 atom stereocenters. The monoisotopic (exact) mass is 667 g/mol. The van der Waals surface area contributed by atoms with Crippen LogP contribution in [-0.2, 0) is 35.1 Å². The van der Waals surface area contributed by atoms with Crippen LogP contribution in [0.15, 0.2) is 53.1 Å². The first kappa shape index (κ1) is 34.8. The number of nitrogens with zero attached hydrogens (tertiary/aromatic N) is 3. The quantitative estimate of drug-likeness (QED) is 0.227. The molecule has 1 aliphatic rings. The van der Waals surface area contributed by atoms with E-state index in [1.54, 1.807) is 69.3 Å². The van der Waals surface area contributed by atoms with E-state index in [2.05, 4.69) is 15.5 Å². The number of methoxy groups -OCH3 is 2. The molecule has 0 spiro atoms. The van der Waals surface area contributed by atoms with Gasteiger partial charge in [-0.3, -0.25) is 24.0 Å². The predicted molar refractivity (Wildman–Crippen MR) is 170 cm³/mol. The number of piperazine rings is 1. The van der Waals surface area contributed by atoms with Gasteiger partial charge in [0.2, 0.25) is 11.8 Å². The van der Waals surface area contributed by atoms with Crippen molar-refractivity contribution < 1.29 is 42.7 Å². The van der Waals surface area contributed by atoms with Crippen LogP contribution in [-0.4, -0.2) is 101 Å². The summed E-state index contributed by atoms with van der Waals surface area (Å²) in [5.74, 6) is -2.08. The number of H-pyrrole nitrogens is 1. The summed E-state index contributed by atoms with van der Waals surface area (Å²) >= 11 is 4.90. The minimum atomic E-state index is -1.27. The maximum atomic E-state index is 14.2.